The molecule has 0 aliphatic carbocycles. The third-order valence-electron chi connectivity index (χ3n) is 4.33. The van der Waals surface area contributed by atoms with Crippen LogP contribution in [0.2, 0.25) is 0 Å². The number of hydrazone groups is 1. The van der Waals surface area contributed by atoms with Gasteiger partial charge in [-0.1, -0.05) is 18.2 Å². The fourth-order valence-electron chi connectivity index (χ4n) is 2.87. The van der Waals surface area contributed by atoms with Crippen molar-refractivity contribution in [3.8, 4) is 5.75 Å². The third kappa shape index (κ3) is 4.72. The maximum Gasteiger partial charge on any atom is 0.271 e. The molecule has 0 aromatic heterocycles. The number of rotatable bonds is 6. The molecule has 0 saturated carbocycles. The highest BCUT2D eigenvalue weighted by atomic mass is 16.5. The standard InChI is InChI=1S/C21H23N3O2/c1-26-20-12-6-17(7-13-20)5-4-14-22-23-21(25)18-8-10-19(11-9-18)24-15-2-3-16-24/h4-14H,2-3,15-16H2,1H3,(H,23,25)/b5-4+,22-14-. The van der Waals surface area contributed by atoms with Gasteiger partial charge in [0.15, 0.2) is 0 Å². The van der Waals surface area contributed by atoms with Gasteiger partial charge in [0.25, 0.3) is 5.91 Å². The van der Waals surface area contributed by atoms with E-state index >= 15 is 0 Å². The number of nitrogens with one attached hydrogen (secondary N) is 1. The maximum atomic E-state index is 12.1. The zero-order valence-corrected chi connectivity index (χ0v) is 14.9. The fraction of sp³-hybridized carbons (Fsp3) is 0.238. The van der Waals surface area contributed by atoms with E-state index in [1.165, 1.54) is 18.5 Å². The van der Waals surface area contributed by atoms with Gasteiger partial charge in [-0.25, -0.2) is 5.43 Å². The second-order valence-corrected chi connectivity index (χ2v) is 6.09. The lowest BCUT2D eigenvalue weighted by Crippen LogP contribution is -2.19. The Balaban J connectivity index is 1.49. The lowest BCUT2D eigenvalue weighted by molar-refractivity contribution is 0.0955. The number of carbonyl (C=O) groups is 1. The first-order valence-electron chi connectivity index (χ1n) is 8.75. The van der Waals surface area contributed by atoms with Crippen LogP contribution in [0.15, 0.2) is 59.7 Å². The Labute approximate surface area is 154 Å². The minimum absolute atomic E-state index is 0.216. The number of hydrogen-bond donors (Lipinski definition) is 1. The fourth-order valence-corrected chi connectivity index (χ4v) is 2.87. The van der Waals surface area contributed by atoms with Gasteiger partial charge < -0.3 is 9.64 Å². The first-order chi connectivity index (χ1) is 12.8. The average Bonchev–Trinajstić information content (AvgIpc) is 3.23. The van der Waals surface area contributed by atoms with E-state index in [9.17, 15) is 4.79 Å². The van der Waals surface area contributed by atoms with Crippen LogP contribution in [-0.4, -0.2) is 32.3 Å². The summed E-state index contributed by atoms with van der Waals surface area (Å²) in [4.78, 5) is 14.4. The first-order valence-corrected chi connectivity index (χ1v) is 8.75. The van der Waals surface area contributed by atoms with E-state index in [4.69, 9.17) is 4.74 Å². The van der Waals surface area contributed by atoms with Crippen LogP contribution in [-0.2, 0) is 0 Å². The summed E-state index contributed by atoms with van der Waals surface area (Å²) in [6.45, 7) is 2.19. The van der Waals surface area contributed by atoms with Gasteiger partial charge >= 0.3 is 0 Å². The number of benzene rings is 2. The number of allylic oxidation sites excluding steroid dienone is 1. The molecule has 134 valence electrons. The summed E-state index contributed by atoms with van der Waals surface area (Å²) in [5.74, 6) is 0.603. The molecule has 5 heteroatoms. The van der Waals surface area contributed by atoms with Crippen LogP contribution < -0.4 is 15.1 Å². The maximum absolute atomic E-state index is 12.1. The molecule has 5 nitrogen and oxygen atoms in total. The quantitative estimate of drug-likeness (QED) is 0.639. The van der Waals surface area contributed by atoms with E-state index in [0.717, 1.165) is 24.4 Å². The molecule has 2 aromatic carbocycles. The summed E-state index contributed by atoms with van der Waals surface area (Å²) < 4.78 is 5.12. The minimum Gasteiger partial charge on any atom is -0.497 e. The van der Waals surface area contributed by atoms with Gasteiger partial charge in [0.1, 0.15) is 5.75 Å². The van der Waals surface area contributed by atoms with Crippen LogP contribution in [0.25, 0.3) is 6.08 Å². The van der Waals surface area contributed by atoms with E-state index in [1.807, 2.05) is 54.6 Å². The van der Waals surface area contributed by atoms with Crippen molar-refractivity contribution in [1.82, 2.24) is 5.43 Å². The molecule has 1 fully saturated rings. The Bertz CT molecular complexity index is 774. The summed E-state index contributed by atoms with van der Waals surface area (Å²) in [6.07, 6.45) is 7.71. The Morgan fingerprint density at radius 1 is 1.08 bits per heavy atom. The van der Waals surface area contributed by atoms with E-state index < -0.39 is 0 Å². The predicted octanol–water partition coefficient (Wildman–Crippen LogP) is 3.72. The molecule has 2 aromatic rings. The molecule has 1 aliphatic heterocycles. The van der Waals surface area contributed by atoms with Gasteiger partial charge in [-0.05, 0) is 60.9 Å². The molecule has 0 bridgehead atoms. The zero-order chi connectivity index (χ0) is 18.2. The number of nitrogens with zero attached hydrogens (tertiary/aromatic N) is 2. The van der Waals surface area contributed by atoms with Crippen molar-refractivity contribution < 1.29 is 9.53 Å². The number of amides is 1. The molecule has 1 heterocycles. The molecule has 0 spiro atoms. The van der Waals surface area contributed by atoms with Crippen molar-refractivity contribution in [2.75, 3.05) is 25.1 Å². The van der Waals surface area contributed by atoms with Gasteiger partial charge in [-0.2, -0.15) is 5.10 Å². The molecule has 26 heavy (non-hydrogen) atoms. The van der Waals surface area contributed by atoms with Gasteiger partial charge in [-0.3, -0.25) is 4.79 Å². The second-order valence-electron chi connectivity index (χ2n) is 6.09. The van der Waals surface area contributed by atoms with Crippen molar-refractivity contribution in [3.63, 3.8) is 0 Å². The molecule has 1 saturated heterocycles. The van der Waals surface area contributed by atoms with E-state index in [-0.39, 0.29) is 5.91 Å². The lowest BCUT2D eigenvalue weighted by Gasteiger charge is -2.17. The van der Waals surface area contributed by atoms with Gasteiger partial charge in [0.05, 0.1) is 7.11 Å². The molecule has 3 rings (SSSR count). The summed E-state index contributed by atoms with van der Waals surface area (Å²) in [5, 5.41) is 3.95. The van der Waals surface area contributed by atoms with E-state index in [0.29, 0.717) is 5.56 Å². The third-order valence-corrected chi connectivity index (χ3v) is 4.33. The number of hydrogen-bond acceptors (Lipinski definition) is 4. The molecule has 1 N–H and O–H groups in total. The summed E-state index contributed by atoms with van der Waals surface area (Å²) >= 11 is 0. The SMILES string of the molecule is COc1ccc(/C=C/C=N\NC(=O)c2ccc(N3CCCC3)cc2)cc1. The lowest BCUT2D eigenvalue weighted by atomic mass is 10.2. The van der Waals surface area contributed by atoms with Crippen molar-refractivity contribution in [1.29, 1.82) is 0 Å². The van der Waals surface area contributed by atoms with Crippen LogP contribution >= 0.6 is 0 Å². The van der Waals surface area contributed by atoms with E-state index in [1.54, 1.807) is 19.4 Å². The normalized spacial score (nSPS) is 14.3. The summed E-state index contributed by atoms with van der Waals surface area (Å²) in [5.41, 5.74) is 5.34. The van der Waals surface area contributed by atoms with Gasteiger partial charge in [0.2, 0.25) is 0 Å². The zero-order valence-electron chi connectivity index (χ0n) is 14.9. The highest BCUT2D eigenvalue weighted by Gasteiger charge is 2.12. The van der Waals surface area contributed by atoms with Crippen molar-refractivity contribution in [3.05, 3.63) is 65.7 Å². The largest absolute Gasteiger partial charge is 0.497 e. The van der Waals surface area contributed by atoms with Crippen LogP contribution in [0.3, 0.4) is 0 Å². The molecule has 0 atom stereocenters. The highest BCUT2D eigenvalue weighted by Crippen LogP contribution is 2.20. The molecule has 1 aliphatic rings. The van der Waals surface area contributed by atoms with Crippen molar-refractivity contribution >= 4 is 23.9 Å². The number of ether oxygens (including phenoxy) is 1. The molecular formula is C21H23N3O2. The van der Waals surface area contributed by atoms with Crippen molar-refractivity contribution in [2.45, 2.75) is 12.8 Å². The van der Waals surface area contributed by atoms with Crippen LogP contribution in [0.1, 0.15) is 28.8 Å². The Morgan fingerprint density at radius 2 is 1.77 bits per heavy atom. The topological polar surface area (TPSA) is 53.9 Å². The first kappa shape index (κ1) is 17.7. The Kier molecular flexibility index (Phi) is 6.04. The second kappa shape index (κ2) is 8.85. The van der Waals surface area contributed by atoms with Crippen molar-refractivity contribution in [2.24, 2.45) is 5.10 Å². The number of carbonyl (C=O) groups excluding carboxylic acids is 1. The van der Waals surface area contributed by atoms with Crippen LogP contribution in [0, 0.1) is 0 Å². The number of anilines is 1. The Morgan fingerprint density at radius 3 is 2.42 bits per heavy atom. The smallest absolute Gasteiger partial charge is 0.271 e. The van der Waals surface area contributed by atoms with Gasteiger partial charge in [-0.15, -0.1) is 0 Å². The molecular weight excluding hydrogens is 326 g/mol. The van der Waals surface area contributed by atoms with Crippen LogP contribution in [0.5, 0.6) is 5.75 Å². The van der Waals surface area contributed by atoms with Gasteiger partial charge in [0, 0.05) is 30.6 Å². The molecule has 1 amide bonds. The minimum atomic E-state index is -0.216. The predicted molar refractivity (Wildman–Crippen MR) is 106 cm³/mol. The molecule has 0 unspecified atom stereocenters. The Hall–Kier alpha value is -3.08. The van der Waals surface area contributed by atoms with Crippen LogP contribution in [0.4, 0.5) is 5.69 Å². The van der Waals surface area contributed by atoms with E-state index in [2.05, 4.69) is 15.4 Å². The molecule has 0 radical (unpaired) electrons. The number of methoxy groups -OCH3 is 1. The monoisotopic (exact) mass is 349 g/mol. The average molecular weight is 349 g/mol. The summed E-state index contributed by atoms with van der Waals surface area (Å²) in [6, 6.07) is 15.3. The summed E-state index contributed by atoms with van der Waals surface area (Å²) in [7, 11) is 1.64. The highest BCUT2D eigenvalue weighted by molar-refractivity contribution is 5.95.